The van der Waals surface area contributed by atoms with E-state index in [1.165, 1.54) is 25.0 Å². The van der Waals surface area contributed by atoms with E-state index in [1.54, 1.807) is 30.6 Å². The second kappa shape index (κ2) is 11.4. The van der Waals surface area contributed by atoms with Crippen LogP contribution in [0, 0.1) is 6.92 Å². The molecule has 0 amide bonds. The van der Waals surface area contributed by atoms with Gasteiger partial charge in [0.2, 0.25) is 5.95 Å². The molecular formula is C26H31ClN6O2S. The van der Waals surface area contributed by atoms with E-state index in [-0.39, 0.29) is 15.7 Å². The fraction of sp³-hybridized carbons (Fsp3) is 0.346. The lowest BCUT2D eigenvalue weighted by molar-refractivity contribution is 0.221. The summed E-state index contributed by atoms with van der Waals surface area (Å²) in [6.45, 7) is 1.82. The van der Waals surface area contributed by atoms with E-state index in [9.17, 15) is 8.42 Å². The van der Waals surface area contributed by atoms with Crippen LogP contribution in [0.1, 0.15) is 42.5 Å². The molecule has 0 bridgehead atoms. The summed E-state index contributed by atoms with van der Waals surface area (Å²) in [6.07, 6.45) is 12.0. The molecule has 2 heterocycles. The highest BCUT2D eigenvalue weighted by atomic mass is 35.5. The number of benzene rings is 1. The first-order valence-electron chi connectivity index (χ1n) is 11.9. The maximum absolute atomic E-state index is 12.7. The molecule has 0 spiro atoms. The molecule has 36 heavy (non-hydrogen) atoms. The molecule has 0 unspecified atom stereocenters. The Balaban J connectivity index is 1.36. The molecule has 2 aromatic heterocycles. The SMILES string of the molecule is Cc1nc(NS(=O)(=O)c2ccccc2Cl)ccc1/C=C/c1cnc(NC2CCC(N(C)C)CC2)nc1. The zero-order chi connectivity index (χ0) is 25.7. The molecule has 2 N–H and O–H groups in total. The third-order valence-corrected chi connectivity index (χ3v) is 8.23. The third kappa shape index (κ3) is 6.60. The number of nitrogens with one attached hydrogen (secondary N) is 2. The van der Waals surface area contributed by atoms with Crippen molar-refractivity contribution in [2.24, 2.45) is 0 Å². The summed E-state index contributed by atoms with van der Waals surface area (Å²) < 4.78 is 27.8. The average Bonchev–Trinajstić information content (AvgIpc) is 2.85. The molecule has 0 radical (unpaired) electrons. The van der Waals surface area contributed by atoms with Crippen LogP contribution in [0.5, 0.6) is 0 Å². The minimum atomic E-state index is -3.84. The van der Waals surface area contributed by atoms with Crippen molar-refractivity contribution in [1.29, 1.82) is 0 Å². The number of halogens is 1. The Morgan fingerprint density at radius 2 is 1.69 bits per heavy atom. The number of hydrogen-bond acceptors (Lipinski definition) is 7. The van der Waals surface area contributed by atoms with Gasteiger partial charge in [0.1, 0.15) is 10.7 Å². The van der Waals surface area contributed by atoms with Crippen LogP contribution in [0.15, 0.2) is 53.7 Å². The van der Waals surface area contributed by atoms with Gasteiger partial charge in [-0.1, -0.05) is 35.9 Å². The quantitative estimate of drug-likeness (QED) is 0.421. The van der Waals surface area contributed by atoms with Crippen LogP contribution in [0.3, 0.4) is 0 Å². The van der Waals surface area contributed by atoms with Gasteiger partial charge < -0.3 is 10.2 Å². The Labute approximate surface area is 217 Å². The lowest BCUT2D eigenvalue weighted by Gasteiger charge is -2.32. The highest BCUT2D eigenvalue weighted by molar-refractivity contribution is 7.92. The van der Waals surface area contributed by atoms with Crippen molar-refractivity contribution in [3.8, 4) is 0 Å². The first kappa shape index (κ1) is 26.1. The zero-order valence-electron chi connectivity index (χ0n) is 20.6. The summed E-state index contributed by atoms with van der Waals surface area (Å²) in [5.41, 5.74) is 2.40. The third-order valence-electron chi connectivity index (χ3n) is 6.38. The Kier molecular flexibility index (Phi) is 8.23. The lowest BCUT2D eigenvalue weighted by Crippen LogP contribution is -2.36. The van der Waals surface area contributed by atoms with Crippen LogP contribution in [-0.2, 0) is 10.0 Å². The fourth-order valence-electron chi connectivity index (χ4n) is 4.26. The van der Waals surface area contributed by atoms with E-state index in [4.69, 9.17) is 11.6 Å². The van der Waals surface area contributed by atoms with Gasteiger partial charge in [-0.15, -0.1) is 0 Å². The average molecular weight is 527 g/mol. The number of aromatic nitrogens is 3. The van der Waals surface area contributed by atoms with Crippen LogP contribution in [0.2, 0.25) is 5.02 Å². The van der Waals surface area contributed by atoms with Crippen LogP contribution < -0.4 is 10.0 Å². The van der Waals surface area contributed by atoms with Gasteiger partial charge in [0.15, 0.2) is 0 Å². The Morgan fingerprint density at radius 1 is 1.00 bits per heavy atom. The Bertz CT molecular complexity index is 1320. The van der Waals surface area contributed by atoms with Crippen molar-refractivity contribution in [3.63, 3.8) is 0 Å². The predicted molar refractivity (Wildman–Crippen MR) is 146 cm³/mol. The number of nitrogens with zero attached hydrogens (tertiary/aromatic N) is 4. The molecule has 3 aromatic rings. The Morgan fingerprint density at radius 3 is 2.33 bits per heavy atom. The molecule has 0 aliphatic heterocycles. The number of pyridine rings is 1. The smallest absolute Gasteiger partial charge is 0.264 e. The summed E-state index contributed by atoms with van der Waals surface area (Å²) >= 11 is 6.04. The molecule has 0 saturated heterocycles. The first-order valence-corrected chi connectivity index (χ1v) is 13.8. The second-order valence-corrected chi connectivity index (χ2v) is 11.3. The highest BCUT2D eigenvalue weighted by Crippen LogP contribution is 2.25. The minimum absolute atomic E-state index is 0.00859. The van der Waals surface area contributed by atoms with Gasteiger partial charge in [0.25, 0.3) is 10.0 Å². The topological polar surface area (TPSA) is 100 Å². The predicted octanol–water partition coefficient (Wildman–Crippen LogP) is 5.09. The largest absolute Gasteiger partial charge is 0.351 e. The van der Waals surface area contributed by atoms with Crippen molar-refractivity contribution < 1.29 is 8.42 Å². The number of hydrogen-bond donors (Lipinski definition) is 2. The van der Waals surface area contributed by atoms with E-state index in [1.807, 2.05) is 25.1 Å². The fourth-order valence-corrected chi connectivity index (χ4v) is 5.79. The number of anilines is 2. The monoisotopic (exact) mass is 526 g/mol. The highest BCUT2D eigenvalue weighted by Gasteiger charge is 2.22. The second-order valence-electron chi connectivity index (χ2n) is 9.19. The summed E-state index contributed by atoms with van der Waals surface area (Å²) in [5.74, 6) is 0.872. The van der Waals surface area contributed by atoms with Crippen molar-refractivity contribution in [1.82, 2.24) is 19.9 Å². The van der Waals surface area contributed by atoms with Gasteiger partial charge >= 0.3 is 0 Å². The first-order chi connectivity index (χ1) is 17.2. The van der Waals surface area contributed by atoms with Crippen LogP contribution in [0.25, 0.3) is 12.2 Å². The molecule has 1 aliphatic carbocycles. The Hall–Kier alpha value is -3.01. The maximum Gasteiger partial charge on any atom is 0.264 e. The summed E-state index contributed by atoms with van der Waals surface area (Å²) in [4.78, 5) is 15.6. The van der Waals surface area contributed by atoms with Gasteiger partial charge in [-0.25, -0.2) is 23.4 Å². The van der Waals surface area contributed by atoms with Gasteiger partial charge in [-0.3, -0.25) is 4.72 Å². The maximum atomic E-state index is 12.7. The van der Waals surface area contributed by atoms with Crippen LogP contribution in [-0.4, -0.2) is 54.4 Å². The van der Waals surface area contributed by atoms with Crippen molar-refractivity contribution in [2.75, 3.05) is 24.1 Å². The van der Waals surface area contributed by atoms with Crippen molar-refractivity contribution in [3.05, 3.63) is 70.6 Å². The normalized spacial score (nSPS) is 18.5. The molecular weight excluding hydrogens is 496 g/mol. The number of aryl methyl sites for hydroxylation is 1. The molecule has 190 valence electrons. The molecule has 1 fully saturated rings. The molecule has 4 rings (SSSR count). The molecule has 1 aliphatic rings. The van der Waals surface area contributed by atoms with Gasteiger partial charge in [-0.05, 0) is 76.5 Å². The van der Waals surface area contributed by atoms with E-state index in [0.29, 0.717) is 23.7 Å². The molecule has 1 aromatic carbocycles. The van der Waals surface area contributed by atoms with Gasteiger partial charge in [-0.2, -0.15) is 0 Å². The summed E-state index contributed by atoms with van der Waals surface area (Å²) in [5, 5.41) is 3.61. The minimum Gasteiger partial charge on any atom is -0.351 e. The zero-order valence-corrected chi connectivity index (χ0v) is 22.2. The van der Waals surface area contributed by atoms with E-state index in [2.05, 4.69) is 44.0 Å². The summed E-state index contributed by atoms with van der Waals surface area (Å²) in [7, 11) is 0.447. The van der Waals surface area contributed by atoms with Gasteiger partial charge in [0.05, 0.1) is 5.02 Å². The van der Waals surface area contributed by atoms with Gasteiger partial charge in [0, 0.05) is 35.7 Å². The number of rotatable bonds is 8. The standard InChI is InChI=1S/C26H31ClN6O2S/c1-18-20(10-15-25(30-18)32-36(34,35)24-7-5-4-6-23(24)27)9-8-19-16-28-26(29-17-19)31-21-11-13-22(14-12-21)33(2)3/h4-10,15-17,21-22H,11-14H2,1-3H3,(H,30,32)(H,28,29,31)/b9-8+. The summed E-state index contributed by atoms with van der Waals surface area (Å²) in [6, 6.07) is 10.8. The van der Waals surface area contributed by atoms with Crippen LogP contribution in [0.4, 0.5) is 11.8 Å². The lowest BCUT2D eigenvalue weighted by atomic mass is 9.91. The van der Waals surface area contributed by atoms with Crippen LogP contribution >= 0.6 is 11.6 Å². The van der Waals surface area contributed by atoms with Crippen molar-refractivity contribution >= 4 is 45.5 Å². The molecule has 10 heteroatoms. The molecule has 0 atom stereocenters. The van der Waals surface area contributed by atoms with E-state index >= 15 is 0 Å². The van der Waals surface area contributed by atoms with Crippen molar-refractivity contribution in [2.45, 2.75) is 49.6 Å². The van der Waals surface area contributed by atoms with E-state index in [0.717, 1.165) is 24.0 Å². The van der Waals surface area contributed by atoms with E-state index < -0.39 is 10.0 Å². The molecule has 1 saturated carbocycles. The number of sulfonamides is 1. The molecule has 8 nitrogen and oxygen atoms in total.